The minimum atomic E-state index is -4.38. The molecule has 2 N–H and O–H groups in total. The van der Waals surface area contributed by atoms with Gasteiger partial charge in [-0.05, 0) is 46.6 Å². The summed E-state index contributed by atoms with van der Waals surface area (Å²) >= 11 is 0. The predicted octanol–water partition coefficient (Wildman–Crippen LogP) is 5.63. The van der Waals surface area contributed by atoms with Crippen LogP contribution in [0.3, 0.4) is 0 Å². The van der Waals surface area contributed by atoms with Crippen LogP contribution in [0.15, 0.2) is 12.4 Å². The second kappa shape index (κ2) is 13.0. The summed E-state index contributed by atoms with van der Waals surface area (Å²) in [7, 11) is -1.30. The molecule has 2 aromatic heterocycles. The number of piperidine rings is 1. The predicted molar refractivity (Wildman–Crippen MR) is 154 cm³/mol. The molecule has 2 atom stereocenters. The summed E-state index contributed by atoms with van der Waals surface area (Å²) in [5.74, 6) is -0.229. The number of amides is 2. The molecule has 0 aromatic carbocycles. The minimum Gasteiger partial charge on any atom is -0.444 e. The van der Waals surface area contributed by atoms with Gasteiger partial charge in [-0.25, -0.2) is 14.8 Å². The molecule has 1 fully saturated rings. The van der Waals surface area contributed by atoms with Gasteiger partial charge >= 0.3 is 12.3 Å². The maximum atomic E-state index is 12.9. The van der Waals surface area contributed by atoms with Crippen LogP contribution in [0.25, 0.3) is 11.2 Å². The molecular formula is C27H43F3N6O4Si. The SMILES string of the molecule is C[C@@H]1C[C@H](Nc2cnc3c(n2)c(C(=O)NCCC(F)(F)F)cn3COCC[Si](C)(C)C)CCN1C(=O)OC(C)(C)C. The van der Waals surface area contributed by atoms with Crippen molar-refractivity contribution in [3.05, 3.63) is 18.0 Å². The lowest BCUT2D eigenvalue weighted by atomic mass is 9.99. The van der Waals surface area contributed by atoms with Gasteiger partial charge in [0.1, 0.15) is 23.7 Å². The summed E-state index contributed by atoms with van der Waals surface area (Å²) in [6.45, 7) is 14.8. The Morgan fingerprint density at radius 2 is 1.90 bits per heavy atom. The third-order valence-electron chi connectivity index (χ3n) is 6.59. The van der Waals surface area contributed by atoms with Crippen LogP contribution < -0.4 is 10.6 Å². The normalized spacial score (nSPS) is 18.4. The van der Waals surface area contributed by atoms with Gasteiger partial charge in [-0.2, -0.15) is 13.2 Å². The van der Waals surface area contributed by atoms with Crippen LogP contribution in [-0.2, 0) is 16.2 Å². The zero-order valence-electron chi connectivity index (χ0n) is 25.0. The number of likely N-dealkylation sites (tertiary alicyclic amines) is 1. The van der Waals surface area contributed by atoms with Crippen LogP contribution >= 0.6 is 0 Å². The van der Waals surface area contributed by atoms with E-state index in [4.69, 9.17) is 9.47 Å². The summed E-state index contributed by atoms with van der Waals surface area (Å²) in [6.07, 6.45) is -1.46. The number of halogens is 3. The molecule has 0 radical (unpaired) electrons. The summed E-state index contributed by atoms with van der Waals surface area (Å²) in [5, 5.41) is 5.69. The summed E-state index contributed by atoms with van der Waals surface area (Å²) in [6, 6.07) is 0.880. The van der Waals surface area contributed by atoms with Crippen molar-refractivity contribution in [2.24, 2.45) is 0 Å². The monoisotopic (exact) mass is 600 g/mol. The number of aromatic nitrogens is 3. The zero-order valence-corrected chi connectivity index (χ0v) is 26.0. The molecule has 0 aliphatic carbocycles. The lowest BCUT2D eigenvalue weighted by molar-refractivity contribution is -0.133. The first-order valence-corrected chi connectivity index (χ1v) is 17.7. The van der Waals surface area contributed by atoms with Crippen LogP contribution in [-0.4, -0.2) is 83.1 Å². The Labute approximate surface area is 240 Å². The fourth-order valence-electron chi connectivity index (χ4n) is 4.44. The third kappa shape index (κ3) is 10.2. The number of nitrogens with one attached hydrogen (secondary N) is 2. The molecule has 1 aliphatic rings. The van der Waals surface area contributed by atoms with Crippen molar-refractivity contribution in [1.82, 2.24) is 24.8 Å². The molecule has 1 saturated heterocycles. The third-order valence-corrected chi connectivity index (χ3v) is 8.29. The highest BCUT2D eigenvalue weighted by molar-refractivity contribution is 6.76. The van der Waals surface area contributed by atoms with Crippen molar-refractivity contribution >= 4 is 37.1 Å². The van der Waals surface area contributed by atoms with Gasteiger partial charge < -0.3 is 29.6 Å². The maximum absolute atomic E-state index is 12.9. The van der Waals surface area contributed by atoms with Gasteiger partial charge in [0.2, 0.25) is 0 Å². The van der Waals surface area contributed by atoms with E-state index in [1.54, 1.807) is 15.7 Å². The molecule has 0 saturated carbocycles. The van der Waals surface area contributed by atoms with Crippen molar-refractivity contribution in [1.29, 1.82) is 0 Å². The van der Waals surface area contributed by atoms with E-state index in [1.165, 1.54) is 6.20 Å². The Hall–Kier alpha value is -2.87. The molecule has 41 heavy (non-hydrogen) atoms. The summed E-state index contributed by atoms with van der Waals surface area (Å²) in [4.78, 5) is 36.3. The maximum Gasteiger partial charge on any atom is 0.410 e. The second-order valence-electron chi connectivity index (χ2n) is 12.8. The van der Waals surface area contributed by atoms with Crippen molar-refractivity contribution in [3.63, 3.8) is 0 Å². The Bertz CT molecular complexity index is 1210. The number of ether oxygens (including phenoxy) is 2. The van der Waals surface area contributed by atoms with E-state index >= 15 is 0 Å². The fourth-order valence-corrected chi connectivity index (χ4v) is 5.20. The lowest BCUT2D eigenvalue weighted by Crippen LogP contribution is -2.49. The summed E-state index contributed by atoms with van der Waals surface area (Å²) in [5.41, 5.74) is 0.217. The molecule has 3 heterocycles. The van der Waals surface area contributed by atoms with Crippen molar-refractivity contribution in [2.75, 3.05) is 25.0 Å². The number of hydrogen-bond acceptors (Lipinski definition) is 7. The van der Waals surface area contributed by atoms with Crippen LogP contribution in [0.5, 0.6) is 0 Å². The fraction of sp³-hybridized carbons (Fsp3) is 0.704. The van der Waals surface area contributed by atoms with Gasteiger partial charge in [0, 0.05) is 46.1 Å². The van der Waals surface area contributed by atoms with E-state index in [2.05, 4.69) is 40.2 Å². The Morgan fingerprint density at radius 3 is 2.51 bits per heavy atom. The van der Waals surface area contributed by atoms with E-state index in [0.717, 1.165) is 6.04 Å². The van der Waals surface area contributed by atoms with Crippen molar-refractivity contribution in [2.45, 2.75) is 103 Å². The topological polar surface area (TPSA) is 111 Å². The highest BCUT2D eigenvalue weighted by Gasteiger charge is 2.32. The van der Waals surface area contributed by atoms with Crippen LogP contribution in [0, 0.1) is 0 Å². The van der Waals surface area contributed by atoms with E-state index in [-0.39, 0.29) is 36.0 Å². The van der Waals surface area contributed by atoms with Gasteiger partial charge in [-0.1, -0.05) is 19.6 Å². The zero-order chi connectivity index (χ0) is 30.6. The number of rotatable bonds is 10. The van der Waals surface area contributed by atoms with Crippen molar-refractivity contribution in [3.8, 4) is 0 Å². The van der Waals surface area contributed by atoms with Gasteiger partial charge in [0.25, 0.3) is 5.91 Å². The van der Waals surface area contributed by atoms with E-state index in [0.29, 0.717) is 37.5 Å². The molecule has 230 valence electrons. The Morgan fingerprint density at radius 1 is 1.20 bits per heavy atom. The smallest absolute Gasteiger partial charge is 0.410 e. The number of fused-ring (bicyclic) bond motifs is 1. The van der Waals surface area contributed by atoms with Gasteiger partial charge in [0.15, 0.2) is 5.65 Å². The number of carbonyl (C=O) groups excluding carboxylic acids is 2. The number of hydrogen-bond donors (Lipinski definition) is 2. The van der Waals surface area contributed by atoms with Crippen LogP contribution in [0.2, 0.25) is 25.7 Å². The molecule has 0 spiro atoms. The van der Waals surface area contributed by atoms with Crippen molar-refractivity contribution < 1.29 is 32.2 Å². The Kier molecular flexibility index (Phi) is 10.3. The summed E-state index contributed by atoms with van der Waals surface area (Å²) < 4.78 is 50.9. The first kappa shape index (κ1) is 32.6. The Balaban J connectivity index is 1.75. The van der Waals surface area contributed by atoms with Gasteiger partial charge in [-0.3, -0.25) is 4.79 Å². The van der Waals surface area contributed by atoms with Crippen LogP contribution in [0.4, 0.5) is 23.8 Å². The minimum absolute atomic E-state index is 0.00789. The van der Waals surface area contributed by atoms with Crippen LogP contribution in [0.1, 0.15) is 57.3 Å². The molecule has 10 nitrogen and oxygen atoms in total. The highest BCUT2D eigenvalue weighted by Crippen LogP contribution is 2.25. The number of anilines is 1. The number of carbonyl (C=O) groups is 2. The van der Waals surface area contributed by atoms with Gasteiger partial charge in [-0.15, -0.1) is 0 Å². The second-order valence-corrected chi connectivity index (χ2v) is 18.4. The standard InChI is InChI=1S/C27H43F3N6O4Si/c1-18-14-19(8-11-36(18)25(38)40-26(2,3)4)33-21-15-32-23-22(34-21)20(24(37)31-10-9-27(28,29)30)16-35(23)17-39-12-13-41(5,6)7/h15-16,18-19H,8-14,17H2,1-7H3,(H,31,37)(H,33,34)/t18-,19-/m1/s1. The van der Waals surface area contributed by atoms with Gasteiger partial charge in [0.05, 0.1) is 18.2 Å². The van der Waals surface area contributed by atoms with E-state index in [9.17, 15) is 22.8 Å². The molecule has 2 aromatic rings. The average Bonchev–Trinajstić information content (AvgIpc) is 3.17. The number of alkyl halides is 3. The molecule has 0 bridgehead atoms. The largest absolute Gasteiger partial charge is 0.444 e. The van der Waals surface area contributed by atoms with E-state index in [1.807, 2.05) is 27.7 Å². The first-order chi connectivity index (χ1) is 18.9. The number of nitrogens with zero attached hydrogens (tertiary/aromatic N) is 4. The van der Waals surface area contributed by atoms with E-state index < -0.39 is 38.7 Å². The lowest BCUT2D eigenvalue weighted by Gasteiger charge is -2.38. The quantitative estimate of drug-likeness (QED) is 0.269. The molecule has 1 aliphatic heterocycles. The first-order valence-electron chi connectivity index (χ1n) is 14.0. The molecule has 3 rings (SSSR count). The highest BCUT2D eigenvalue weighted by atomic mass is 28.3. The average molecular weight is 601 g/mol. The molecular weight excluding hydrogens is 557 g/mol. The molecule has 0 unspecified atom stereocenters. The molecule has 14 heteroatoms. The molecule has 2 amide bonds.